The van der Waals surface area contributed by atoms with Crippen molar-refractivity contribution < 1.29 is 9.13 Å². The molecule has 2 aromatic carbocycles. The number of benzene rings is 2. The molecular weight excluding hydrogens is 401 g/mol. The minimum atomic E-state index is -0.274. The van der Waals surface area contributed by atoms with Gasteiger partial charge in [0.05, 0.1) is 0 Å². The Kier molecular flexibility index (Phi) is 5.79. The van der Waals surface area contributed by atoms with Gasteiger partial charge in [-0.05, 0) is 55.3 Å². The maximum absolute atomic E-state index is 13.7. The Bertz CT molecular complexity index is 632. The van der Waals surface area contributed by atoms with E-state index in [9.17, 15) is 4.39 Å². The van der Waals surface area contributed by atoms with E-state index in [0.717, 1.165) is 20.3 Å². The molecule has 0 saturated carbocycles. The molecule has 0 aliphatic carbocycles. The smallest absolute Gasteiger partial charge is 0.129 e. The van der Waals surface area contributed by atoms with Gasteiger partial charge in [-0.3, -0.25) is 0 Å². The first-order valence-electron chi connectivity index (χ1n) is 6.56. The third-order valence-corrected chi connectivity index (χ3v) is 3.94. The zero-order valence-electron chi connectivity index (χ0n) is 11.6. The van der Waals surface area contributed by atoms with Crippen molar-refractivity contribution in [2.24, 2.45) is 5.73 Å². The van der Waals surface area contributed by atoms with E-state index in [1.165, 1.54) is 6.07 Å². The lowest BCUT2D eigenvalue weighted by Gasteiger charge is -2.14. The molecule has 0 aliphatic heterocycles. The topological polar surface area (TPSA) is 35.2 Å². The highest BCUT2D eigenvalue weighted by Gasteiger charge is 2.09. The molecule has 0 saturated heterocycles. The van der Waals surface area contributed by atoms with Crippen LogP contribution in [-0.4, -0.2) is 6.04 Å². The average molecular weight is 417 g/mol. The monoisotopic (exact) mass is 415 g/mol. The first-order chi connectivity index (χ1) is 9.95. The van der Waals surface area contributed by atoms with E-state index in [2.05, 4.69) is 31.9 Å². The van der Waals surface area contributed by atoms with Crippen molar-refractivity contribution in [1.82, 2.24) is 0 Å². The highest BCUT2D eigenvalue weighted by molar-refractivity contribution is 9.10. The van der Waals surface area contributed by atoms with Crippen LogP contribution in [0, 0.1) is 5.82 Å². The first-order valence-corrected chi connectivity index (χ1v) is 8.15. The fraction of sp³-hybridized carbons (Fsp3) is 0.250. The molecule has 2 rings (SSSR count). The molecule has 0 bridgehead atoms. The molecule has 0 heterocycles. The predicted octanol–water partition coefficient (Wildman–Crippen LogP) is 4.82. The van der Waals surface area contributed by atoms with Crippen LogP contribution in [0.2, 0.25) is 0 Å². The van der Waals surface area contributed by atoms with Crippen molar-refractivity contribution in [3.05, 3.63) is 62.3 Å². The van der Waals surface area contributed by atoms with E-state index in [4.69, 9.17) is 10.5 Å². The third-order valence-electron chi connectivity index (χ3n) is 2.96. The molecule has 2 aromatic rings. The molecule has 0 fully saturated rings. The highest BCUT2D eigenvalue weighted by atomic mass is 79.9. The Morgan fingerprint density at radius 1 is 1.10 bits per heavy atom. The molecule has 2 N–H and O–H groups in total. The molecular formula is C16H16Br2FNO. The SMILES string of the molecule is CC(N)Cc1cc(Br)ccc1OCc1cc(Br)ccc1F. The van der Waals surface area contributed by atoms with Gasteiger partial charge in [0, 0.05) is 20.6 Å². The largest absolute Gasteiger partial charge is 0.489 e. The zero-order chi connectivity index (χ0) is 15.4. The van der Waals surface area contributed by atoms with Crippen LogP contribution in [0.25, 0.3) is 0 Å². The van der Waals surface area contributed by atoms with Crippen molar-refractivity contribution in [3.63, 3.8) is 0 Å². The number of hydrogen-bond donors (Lipinski definition) is 1. The average Bonchev–Trinajstić information content (AvgIpc) is 2.41. The number of rotatable bonds is 5. The Morgan fingerprint density at radius 2 is 1.71 bits per heavy atom. The highest BCUT2D eigenvalue weighted by Crippen LogP contribution is 2.26. The van der Waals surface area contributed by atoms with E-state index < -0.39 is 0 Å². The van der Waals surface area contributed by atoms with Crippen LogP contribution in [0.4, 0.5) is 4.39 Å². The van der Waals surface area contributed by atoms with Crippen LogP contribution in [0.5, 0.6) is 5.75 Å². The fourth-order valence-electron chi connectivity index (χ4n) is 2.00. The van der Waals surface area contributed by atoms with Crippen molar-refractivity contribution in [2.75, 3.05) is 0 Å². The Labute approximate surface area is 140 Å². The quantitative estimate of drug-likeness (QED) is 0.758. The Morgan fingerprint density at radius 3 is 2.38 bits per heavy atom. The second-order valence-electron chi connectivity index (χ2n) is 4.96. The second-order valence-corrected chi connectivity index (χ2v) is 6.79. The number of ether oxygens (including phenoxy) is 1. The summed E-state index contributed by atoms with van der Waals surface area (Å²) in [5.74, 6) is 0.457. The molecule has 0 aromatic heterocycles. The molecule has 5 heteroatoms. The summed E-state index contributed by atoms with van der Waals surface area (Å²) in [6, 6.07) is 10.6. The molecule has 0 spiro atoms. The number of halogens is 3. The minimum absolute atomic E-state index is 0.0317. The first kappa shape index (κ1) is 16.5. The third kappa shape index (κ3) is 4.80. The lowest BCUT2D eigenvalue weighted by molar-refractivity contribution is 0.296. The lowest BCUT2D eigenvalue weighted by atomic mass is 10.1. The molecule has 112 valence electrons. The summed E-state index contributed by atoms with van der Waals surface area (Å²) in [7, 11) is 0. The van der Waals surface area contributed by atoms with Crippen LogP contribution < -0.4 is 10.5 Å². The molecule has 1 unspecified atom stereocenters. The molecule has 0 amide bonds. The lowest BCUT2D eigenvalue weighted by Crippen LogP contribution is -2.18. The van der Waals surface area contributed by atoms with Gasteiger partial charge in [0.1, 0.15) is 18.2 Å². The summed E-state index contributed by atoms with van der Waals surface area (Å²) >= 11 is 6.78. The zero-order valence-corrected chi connectivity index (χ0v) is 14.7. The maximum atomic E-state index is 13.7. The van der Waals surface area contributed by atoms with Gasteiger partial charge >= 0.3 is 0 Å². The normalized spacial score (nSPS) is 12.2. The van der Waals surface area contributed by atoms with Crippen LogP contribution in [0.15, 0.2) is 45.3 Å². The van der Waals surface area contributed by atoms with Crippen LogP contribution in [-0.2, 0) is 13.0 Å². The van der Waals surface area contributed by atoms with Crippen LogP contribution in [0.1, 0.15) is 18.1 Å². The van der Waals surface area contributed by atoms with Gasteiger partial charge in [-0.15, -0.1) is 0 Å². The van der Waals surface area contributed by atoms with E-state index in [0.29, 0.717) is 12.0 Å². The standard InChI is InChI=1S/C16H16Br2FNO/c1-10(20)6-11-7-14(18)3-5-16(11)21-9-12-8-13(17)2-4-15(12)19/h2-5,7-8,10H,6,9,20H2,1H3. The van der Waals surface area contributed by atoms with Gasteiger partial charge in [0.15, 0.2) is 0 Å². The van der Waals surface area contributed by atoms with E-state index >= 15 is 0 Å². The van der Waals surface area contributed by atoms with E-state index in [-0.39, 0.29) is 18.5 Å². The summed E-state index contributed by atoms with van der Waals surface area (Å²) < 4.78 is 21.3. The summed E-state index contributed by atoms with van der Waals surface area (Å²) in [6.07, 6.45) is 0.704. The summed E-state index contributed by atoms with van der Waals surface area (Å²) in [4.78, 5) is 0. The van der Waals surface area contributed by atoms with Crippen molar-refractivity contribution in [1.29, 1.82) is 0 Å². The van der Waals surface area contributed by atoms with Gasteiger partial charge in [-0.25, -0.2) is 4.39 Å². The van der Waals surface area contributed by atoms with Gasteiger partial charge in [0.25, 0.3) is 0 Å². The van der Waals surface area contributed by atoms with Crippen LogP contribution in [0.3, 0.4) is 0 Å². The van der Waals surface area contributed by atoms with Gasteiger partial charge in [0.2, 0.25) is 0 Å². The summed E-state index contributed by atoms with van der Waals surface area (Å²) in [5.41, 5.74) is 7.38. The molecule has 0 radical (unpaired) electrons. The second kappa shape index (κ2) is 7.38. The summed E-state index contributed by atoms with van der Waals surface area (Å²) in [5, 5.41) is 0. The van der Waals surface area contributed by atoms with Crippen molar-refractivity contribution >= 4 is 31.9 Å². The van der Waals surface area contributed by atoms with Crippen LogP contribution >= 0.6 is 31.9 Å². The molecule has 1 atom stereocenters. The predicted molar refractivity (Wildman–Crippen MR) is 89.9 cm³/mol. The Hall–Kier alpha value is -0.910. The molecule has 0 aliphatic rings. The van der Waals surface area contributed by atoms with E-state index in [1.54, 1.807) is 12.1 Å². The number of hydrogen-bond acceptors (Lipinski definition) is 2. The molecule has 2 nitrogen and oxygen atoms in total. The fourth-order valence-corrected chi connectivity index (χ4v) is 2.82. The van der Waals surface area contributed by atoms with E-state index in [1.807, 2.05) is 25.1 Å². The van der Waals surface area contributed by atoms with Crippen molar-refractivity contribution in [3.8, 4) is 5.75 Å². The summed E-state index contributed by atoms with van der Waals surface area (Å²) in [6.45, 7) is 2.12. The van der Waals surface area contributed by atoms with Gasteiger partial charge < -0.3 is 10.5 Å². The van der Waals surface area contributed by atoms with Gasteiger partial charge in [-0.1, -0.05) is 31.9 Å². The van der Waals surface area contributed by atoms with Gasteiger partial charge in [-0.2, -0.15) is 0 Å². The Balaban J connectivity index is 2.17. The molecule has 21 heavy (non-hydrogen) atoms. The van der Waals surface area contributed by atoms with Crippen molar-refractivity contribution in [2.45, 2.75) is 26.0 Å². The number of nitrogens with two attached hydrogens (primary N) is 1. The maximum Gasteiger partial charge on any atom is 0.129 e. The minimum Gasteiger partial charge on any atom is -0.489 e.